The highest BCUT2D eigenvalue weighted by Crippen LogP contribution is 2.20. The van der Waals surface area contributed by atoms with Crippen molar-refractivity contribution in [2.75, 3.05) is 31.1 Å². The van der Waals surface area contributed by atoms with Gasteiger partial charge < -0.3 is 15.6 Å². The predicted octanol–water partition coefficient (Wildman–Crippen LogP) is 1.98. The summed E-state index contributed by atoms with van der Waals surface area (Å²) in [6.07, 6.45) is 0. The molecule has 25 heavy (non-hydrogen) atoms. The number of hydrogen-bond donors (Lipinski definition) is 2. The van der Waals surface area contributed by atoms with Gasteiger partial charge in [0, 0.05) is 38.3 Å². The van der Waals surface area contributed by atoms with Gasteiger partial charge in [0.2, 0.25) is 11.9 Å². The van der Waals surface area contributed by atoms with Crippen LogP contribution < -0.4 is 10.6 Å². The van der Waals surface area contributed by atoms with Gasteiger partial charge >= 0.3 is 0 Å². The van der Waals surface area contributed by atoms with Crippen molar-refractivity contribution in [2.24, 2.45) is 5.73 Å². The minimum atomic E-state index is -0.430. The first-order valence-electron chi connectivity index (χ1n) is 8.50. The summed E-state index contributed by atoms with van der Waals surface area (Å²) in [6, 6.07) is 15.9. The lowest BCUT2D eigenvalue weighted by atomic mass is 10.2. The standard InChI is InChI=1S/C19H21N5O/c20-18(25)15-6-7-16-17(12-15)22-19(21-16)24-10-8-23(9-11-24)13-14-4-2-1-3-5-14/h1-7,12H,8-11,13H2,(H2,20,25)(H,21,22). The molecule has 1 saturated heterocycles. The number of hydrogen-bond acceptors (Lipinski definition) is 4. The number of nitrogens with one attached hydrogen (secondary N) is 1. The lowest BCUT2D eigenvalue weighted by molar-refractivity contribution is 0.100. The highest BCUT2D eigenvalue weighted by atomic mass is 16.1. The average molecular weight is 335 g/mol. The first-order chi connectivity index (χ1) is 12.2. The fraction of sp³-hybridized carbons (Fsp3) is 0.263. The molecule has 0 radical (unpaired) electrons. The van der Waals surface area contributed by atoms with E-state index in [1.165, 1.54) is 5.56 Å². The molecule has 3 aromatic rings. The van der Waals surface area contributed by atoms with Crippen molar-refractivity contribution in [1.82, 2.24) is 14.9 Å². The van der Waals surface area contributed by atoms with Gasteiger partial charge in [0.25, 0.3) is 0 Å². The van der Waals surface area contributed by atoms with Crippen LogP contribution >= 0.6 is 0 Å². The third-order valence-electron chi connectivity index (χ3n) is 4.68. The summed E-state index contributed by atoms with van der Waals surface area (Å²) in [6.45, 7) is 4.83. The second kappa shape index (κ2) is 6.57. The molecule has 1 amide bonds. The van der Waals surface area contributed by atoms with Crippen LogP contribution in [0, 0.1) is 0 Å². The van der Waals surface area contributed by atoms with Crippen molar-refractivity contribution in [3.8, 4) is 0 Å². The summed E-state index contributed by atoms with van der Waals surface area (Å²) in [5.41, 5.74) is 8.87. The Bertz CT molecular complexity index is 881. The van der Waals surface area contributed by atoms with Crippen molar-refractivity contribution in [3.63, 3.8) is 0 Å². The van der Waals surface area contributed by atoms with E-state index in [9.17, 15) is 4.79 Å². The minimum Gasteiger partial charge on any atom is -0.366 e. The van der Waals surface area contributed by atoms with Gasteiger partial charge in [-0.25, -0.2) is 4.98 Å². The fourth-order valence-corrected chi connectivity index (χ4v) is 3.25. The Hall–Kier alpha value is -2.86. The second-order valence-electron chi connectivity index (χ2n) is 6.41. The van der Waals surface area contributed by atoms with Gasteiger partial charge in [0.1, 0.15) is 0 Å². The van der Waals surface area contributed by atoms with E-state index >= 15 is 0 Å². The largest absolute Gasteiger partial charge is 0.366 e. The SMILES string of the molecule is NC(=O)c1ccc2[nH]c(N3CCN(Cc4ccccc4)CC3)nc2c1. The van der Waals surface area contributed by atoms with E-state index in [1.807, 2.05) is 12.1 Å². The van der Waals surface area contributed by atoms with Crippen molar-refractivity contribution in [1.29, 1.82) is 0 Å². The van der Waals surface area contributed by atoms with E-state index in [1.54, 1.807) is 12.1 Å². The molecule has 1 fully saturated rings. The number of amides is 1. The van der Waals surface area contributed by atoms with E-state index < -0.39 is 5.91 Å². The van der Waals surface area contributed by atoms with Crippen LogP contribution in [0.2, 0.25) is 0 Å². The number of carbonyl (C=O) groups is 1. The number of benzene rings is 2. The van der Waals surface area contributed by atoms with E-state index in [0.29, 0.717) is 5.56 Å². The fourth-order valence-electron chi connectivity index (χ4n) is 3.25. The maximum absolute atomic E-state index is 11.3. The first-order valence-corrected chi connectivity index (χ1v) is 8.50. The molecule has 0 unspecified atom stereocenters. The normalized spacial score (nSPS) is 15.6. The number of rotatable bonds is 4. The Kier molecular flexibility index (Phi) is 4.11. The van der Waals surface area contributed by atoms with E-state index in [2.05, 4.69) is 44.0 Å². The smallest absolute Gasteiger partial charge is 0.248 e. The molecular weight excluding hydrogens is 314 g/mol. The van der Waals surface area contributed by atoms with Crippen LogP contribution in [0.4, 0.5) is 5.95 Å². The van der Waals surface area contributed by atoms with Crippen molar-refractivity contribution in [2.45, 2.75) is 6.54 Å². The zero-order chi connectivity index (χ0) is 17.2. The minimum absolute atomic E-state index is 0.430. The van der Waals surface area contributed by atoms with Gasteiger partial charge in [0.05, 0.1) is 11.0 Å². The number of fused-ring (bicyclic) bond motifs is 1. The lowest BCUT2D eigenvalue weighted by Gasteiger charge is -2.34. The third-order valence-corrected chi connectivity index (χ3v) is 4.68. The lowest BCUT2D eigenvalue weighted by Crippen LogP contribution is -2.46. The molecule has 128 valence electrons. The van der Waals surface area contributed by atoms with E-state index in [-0.39, 0.29) is 0 Å². The second-order valence-corrected chi connectivity index (χ2v) is 6.41. The molecular formula is C19H21N5O. The molecule has 2 heterocycles. The highest BCUT2D eigenvalue weighted by molar-refractivity contribution is 5.96. The van der Waals surface area contributed by atoms with Crippen molar-refractivity contribution < 1.29 is 4.79 Å². The number of imidazole rings is 1. The van der Waals surface area contributed by atoms with Crippen LogP contribution in [0.5, 0.6) is 0 Å². The zero-order valence-corrected chi connectivity index (χ0v) is 14.0. The molecule has 0 spiro atoms. The Labute approximate surface area is 146 Å². The Morgan fingerprint density at radius 3 is 2.56 bits per heavy atom. The Balaban J connectivity index is 1.43. The van der Waals surface area contributed by atoms with E-state index in [0.717, 1.165) is 49.7 Å². The summed E-state index contributed by atoms with van der Waals surface area (Å²) in [4.78, 5) is 24.0. The predicted molar refractivity (Wildman–Crippen MR) is 98.5 cm³/mol. The first kappa shape index (κ1) is 15.7. The van der Waals surface area contributed by atoms with Gasteiger partial charge in [0.15, 0.2) is 0 Å². The maximum Gasteiger partial charge on any atom is 0.248 e. The van der Waals surface area contributed by atoms with Crippen LogP contribution in [0.1, 0.15) is 15.9 Å². The summed E-state index contributed by atoms with van der Waals surface area (Å²) in [7, 11) is 0. The number of primary amides is 1. The highest BCUT2D eigenvalue weighted by Gasteiger charge is 2.19. The van der Waals surface area contributed by atoms with Crippen molar-refractivity contribution >= 4 is 22.9 Å². The molecule has 0 atom stereocenters. The third kappa shape index (κ3) is 3.34. The molecule has 3 N–H and O–H groups in total. The number of carbonyl (C=O) groups excluding carboxylic acids is 1. The van der Waals surface area contributed by atoms with Gasteiger partial charge in [-0.15, -0.1) is 0 Å². The molecule has 1 aliphatic rings. The number of aromatic nitrogens is 2. The summed E-state index contributed by atoms with van der Waals surface area (Å²) >= 11 is 0. The quantitative estimate of drug-likeness (QED) is 0.764. The van der Waals surface area contributed by atoms with Crippen molar-refractivity contribution in [3.05, 3.63) is 59.7 Å². The number of H-pyrrole nitrogens is 1. The molecule has 0 saturated carbocycles. The molecule has 1 aliphatic heterocycles. The topological polar surface area (TPSA) is 78.2 Å². The van der Waals surface area contributed by atoms with E-state index in [4.69, 9.17) is 5.73 Å². The van der Waals surface area contributed by atoms with Crippen LogP contribution in [-0.4, -0.2) is 47.0 Å². The van der Waals surface area contributed by atoms with Gasteiger partial charge in [-0.2, -0.15) is 0 Å². The van der Waals surface area contributed by atoms with Crippen LogP contribution in [0.15, 0.2) is 48.5 Å². The number of nitrogens with two attached hydrogens (primary N) is 1. The monoisotopic (exact) mass is 335 g/mol. The zero-order valence-electron chi connectivity index (χ0n) is 14.0. The number of anilines is 1. The Morgan fingerprint density at radius 1 is 1.08 bits per heavy atom. The van der Waals surface area contributed by atoms with Crippen LogP contribution in [0.25, 0.3) is 11.0 Å². The summed E-state index contributed by atoms with van der Waals surface area (Å²) < 4.78 is 0. The molecule has 1 aromatic heterocycles. The molecule has 0 bridgehead atoms. The summed E-state index contributed by atoms with van der Waals surface area (Å²) in [5, 5.41) is 0. The maximum atomic E-state index is 11.3. The van der Waals surface area contributed by atoms with Crippen LogP contribution in [0.3, 0.4) is 0 Å². The number of nitrogens with zero attached hydrogens (tertiary/aromatic N) is 3. The number of aromatic amines is 1. The molecule has 4 rings (SSSR count). The molecule has 0 aliphatic carbocycles. The molecule has 6 nitrogen and oxygen atoms in total. The van der Waals surface area contributed by atoms with Crippen LogP contribution in [-0.2, 0) is 6.54 Å². The Morgan fingerprint density at radius 2 is 1.84 bits per heavy atom. The van der Waals surface area contributed by atoms with Gasteiger partial charge in [-0.1, -0.05) is 30.3 Å². The number of piperazine rings is 1. The molecule has 6 heteroatoms. The average Bonchev–Trinajstić information content (AvgIpc) is 3.06. The summed E-state index contributed by atoms with van der Waals surface area (Å²) in [5.74, 6) is 0.428. The van der Waals surface area contributed by atoms with Gasteiger partial charge in [-0.3, -0.25) is 9.69 Å². The van der Waals surface area contributed by atoms with Gasteiger partial charge in [-0.05, 0) is 23.8 Å². The molecule has 2 aromatic carbocycles.